The van der Waals surface area contributed by atoms with Gasteiger partial charge in [-0.25, -0.2) is 0 Å². The second-order valence-electron chi connectivity index (χ2n) is 5.63. The summed E-state index contributed by atoms with van der Waals surface area (Å²) in [7, 11) is -4.41. The van der Waals surface area contributed by atoms with Crippen LogP contribution in [0.1, 0.15) is 42.5 Å². The molecule has 2 aromatic carbocycles. The minimum Gasteiger partial charge on any atom is -0.324 e. The third-order valence-corrected chi connectivity index (χ3v) is 6.19. The lowest BCUT2D eigenvalue weighted by molar-refractivity contribution is 0.335. The van der Waals surface area contributed by atoms with Crippen molar-refractivity contribution in [2.24, 2.45) is 0 Å². The van der Waals surface area contributed by atoms with E-state index in [9.17, 15) is 14.4 Å². The van der Waals surface area contributed by atoms with E-state index in [4.69, 9.17) is 0 Å². The monoisotopic (exact) mass is 318 g/mol. The molecule has 2 N–H and O–H groups in total. The Bertz CT molecular complexity index is 688. The van der Waals surface area contributed by atoms with Gasteiger partial charge in [-0.3, -0.25) is 4.57 Å². The van der Waals surface area contributed by atoms with E-state index in [0.717, 1.165) is 23.1 Å². The summed E-state index contributed by atoms with van der Waals surface area (Å²) >= 11 is 0. The van der Waals surface area contributed by atoms with E-state index < -0.39 is 12.8 Å². The zero-order chi connectivity index (χ0) is 16.4. The van der Waals surface area contributed by atoms with Crippen molar-refractivity contribution in [2.75, 3.05) is 0 Å². The molecule has 0 heterocycles. The molecule has 118 valence electrons. The highest BCUT2D eigenvalue weighted by atomic mass is 31.2. The Morgan fingerprint density at radius 2 is 1.59 bits per heavy atom. The summed E-state index contributed by atoms with van der Waals surface area (Å²) in [6, 6.07) is 15.0. The quantitative estimate of drug-likeness (QED) is 0.804. The SMILES string of the molecule is CCc1ccccc1C(CC)(c1ccc(C)cc1)P(=O)(O)O. The van der Waals surface area contributed by atoms with Crippen molar-refractivity contribution in [3.63, 3.8) is 0 Å². The Labute approximate surface area is 132 Å². The molecule has 0 aliphatic rings. The largest absolute Gasteiger partial charge is 0.340 e. The lowest BCUT2D eigenvalue weighted by atomic mass is 9.84. The summed E-state index contributed by atoms with van der Waals surface area (Å²) in [5.41, 5.74) is 3.46. The average molecular weight is 318 g/mol. The van der Waals surface area contributed by atoms with Crippen LogP contribution in [0.4, 0.5) is 0 Å². The predicted molar refractivity (Wildman–Crippen MR) is 90.1 cm³/mol. The minimum atomic E-state index is -4.41. The van der Waals surface area contributed by atoms with Gasteiger partial charge in [-0.2, -0.15) is 0 Å². The second-order valence-corrected chi connectivity index (χ2v) is 7.49. The molecule has 0 spiro atoms. The molecular weight excluding hydrogens is 295 g/mol. The molecule has 0 saturated carbocycles. The highest BCUT2D eigenvalue weighted by Crippen LogP contribution is 2.63. The maximum Gasteiger partial charge on any atom is 0.340 e. The smallest absolute Gasteiger partial charge is 0.324 e. The first-order valence-electron chi connectivity index (χ1n) is 7.58. The number of aryl methyl sites for hydroxylation is 2. The van der Waals surface area contributed by atoms with Gasteiger partial charge in [-0.1, -0.05) is 67.9 Å². The van der Waals surface area contributed by atoms with Gasteiger partial charge < -0.3 is 9.79 Å². The van der Waals surface area contributed by atoms with E-state index >= 15 is 0 Å². The third-order valence-electron chi connectivity index (χ3n) is 4.38. The molecule has 1 unspecified atom stereocenters. The molecule has 0 amide bonds. The lowest BCUT2D eigenvalue weighted by Crippen LogP contribution is -2.28. The molecule has 0 aliphatic heterocycles. The molecule has 0 aromatic heterocycles. The molecule has 0 radical (unpaired) electrons. The lowest BCUT2D eigenvalue weighted by Gasteiger charge is -2.36. The van der Waals surface area contributed by atoms with Gasteiger partial charge in [0.25, 0.3) is 0 Å². The maximum absolute atomic E-state index is 12.5. The van der Waals surface area contributed by atoms with Crippen molar-refractivity contribution in [2.45, 2.75) is 38.8 Å². The summed E-state index contributed by atoms with van der Waals surface area (Å²) in [5.74, 6) is 0. The van der Waals surface area contributed by atoms with Crippen LogP contribution >= 0.6 is 7.60 Å². The fourth-order valence-corrected chi connectivity index (χ4v) is 4.57. The predicted octanol–water partition coefficient (Wildman–Crippen LogP) is 4.39. The van der Waals surface area contributed by atoms with Crippen molar-refractivity contribution in [1.82, 2.24) is 0 Å². The van der Waals surface area contributed by atoms with E-state index in [-0.39, 0.29) is 0 Å². The Balaban J connectivity index is 2.81. The van der Waals surface area contributed by atoms with E-state index in [1.54, 1.807) is 0 Å². The molecule has 0 bridgehead atoms. The van der Waals surface area contributed by atoms with Crippen molar-refractivity contribution in [3.05, 3.63) is 70.8 Å². The summed E-state index contributed by atoms with van der Waals surface area (Å²) in [4.78, 5) is 20.5. The van der Waals surface area contributed by atoms with Crippen LogP contribution in [0.15, 0.2) is 48.5 Å². The number of rotatable bonds is 5. The summed E-state index contributed by atoms with van der Waals surface area (Å²) in [5, 5.41) is -1.28. The van der Waals surface area contributed by atoms with E-state index in [2.05, 4.69) is 0 Å². The van der Waals surface area contributed by atoms with Gasteiger partial charge in [0.2, 0.25) is 0 Å². The summed E-state index contributed by atoms with van der Waals surface area (Å²) in [6.45, 7) is 5.81. The minimum absolute atomic E-state index is 0.345. The summed E-state index contributed by atoms with van der Waals surface area (Å²) in [6.07, 6.45) is 1.08. The first-order chi connectivity index (χ1) is 10.4. The Hall–Kier alpha value is -1.41. The first kappa shape index (κ1) is 17.0. The van der Waals surface area contributed by atoms with Crippen molar-refractivity contribution >= 4 is 7.60 Å². The average Bonchev–Trinajstić information content (AvgIpc) is 2.49. The zero-order valence-corrected chi connectivity index (χ0v) is 14.2. The molecule has 2 rings (SSSR count). The summed E-state index contributed by atoms with van der Waals surface area (Å²) < 4.78 is 12.5. The third kappa shape index (κ3) is 2.77. The van der Waals surface area contributed by atoms with Crippen molar-refractivity contribution in [1.29, 1.82) is 0 Å². The van der Waals surface area contributed by atoms with Crippen LogP contribution in [-0.2, 0) is 16.1 Å². The number of benzene rings is 2. The van der Waals surface area contributed by atoms with E-state index in [1.165, 1.54) is 0 Å². The van der Waals surface area contributed by atoms with Crippen LogP contribution in [0.3, 0.4) is 0 Å². The topological polar surface area (TPSA) is 57.5 Å². The van der Waals surface area contributed by atoms with Crippen molar-refractivity contribution in [3.8, 4) is 0 Å². The standard InChI is InChI=1S/C18H23O3P/c1-4-15-8-6-7-9-17(15)18(5-2,22(19,20)21)16-12-10-14(3)11-13-16/h6-13H,4-5H2,1-3H3,(H2,19,20,21). The maximum atomic E-state index is 12.5. The molecule has 22 heavy (non-hydrogen) atoms. The molecule has 0 aliphatic carbocycles. The number of hydrogen-bond acceptors (Lipinski definition) is 1. The Kier molecular flexibility index (Phi) is 4.91. The molecular formula is C18H23O3P. The fourth-order valence-electron chi connectivity index (χ4n) is 3.14. The normalized spacial score (nSPS) is 14.6. The molecule has 0 saturated heterocycles. The van der Waals surface area contributed by atoms with Crippen LogP contribution in [0.2, 0.25) is 0 Å². The van der Waals surface area contributed by atoms with Crippen molar-refractivity contribution < 1.29 is 14.4 Å². The zero-order valence-electron chi connectivity index (χ0n) is 13.3. The van der Waals surface area contributed by atoms with Crippen LogP contribution in [-0.4, -0.2) is 9.79 Å². The fraction of sp³-hybridized carbons (Fsp3) is 0.333. The van der Waals surface area contributed by atoms with Gasteiger partial charge in [0.1, 0.15) is 5.16 Å². The highest BCUT2D eigenvalue weighted by molar-refractivity contribution is 7.53. The number of hydrogen-bond donors (Lipinski definition) is 2. The molecule has 2 aromatic rings. The van der Waals surface area contributed by atoms with Crippen LogP contribution in [0, 0.1) is 6.92 Å². The van der Waals surface area contributed by atoms with Gasteiger partial charge >= 0.3 is 7.60 Å². The van der Waals surface area contributed by atoms with Gasteiger partial charge in [0.05, 0.1) is 0 Å². The van der Waals surface area contributed by atoms with E-state index in [0.29, 0.717) is 12.0 Å². The molecule has 0 fully saturated rings. The van der Waals surface area contributed by atoms with Gasteiger partial charge in [0.15, 0.2) is 0 Å². The Morgan fingerprint density at radius 1 is 1.00 bits per heavy atom. The van der Waals surface area contributed by atoms with E-state index in [1.807, 2.05) is 69.3 Å². The van der Waals surface area contributed by atoms with Crippen LogP contribution < -0.4 is 0 Å². The second kappa shape index (κ2) is 6.37. The first-order valence-corrected chi connectivity index (χ1v) is 9.19. The molecule has 1 atom stereocenters. The van der Waals surface area contributed by atoms with Crippen LogP contribution in [0.5, 0.6) is 0 Å². The van der Waals surface area contributed by atoms with Gasteiger partial charge in [-0.15, -0.1) is 0 Å². The molecule has 3 nitrogen and oxygen atoms in total. The molecule has 4 heteroatoms. The Morgan fingerprint density at radius 3 is 2.09 bits per heavy atom. The highest BCUT2D eigenvalue weighted by Gasteiger charge is 2.49. The van der Waals surface area contributed by atoms with Gasteiger partial charge in [0, 0.05) is 0 Å². The van der Waals surface area contributed by atoms with Gasteiger partial charge in [-0.05, 0) is 36.5 Å². The van der Waals surface area contributed by atoms with Crippen LogP contribution in [0.25, 0.3) is 0 Å².